The highest BCUT2D eigenvalue weighted by molar-refractivity contribution is 7.86. The maximum absolute atomic E-state index is 10.8. The summed E-state index contributed by atoms with van der Waals surface area (Å²) in [6, 6.07) is 14.0. The molecule has 0 bridgehead atoms. The van der Waals surface area contributed by atoms with E-state index in [9.17, 15) is 16.8 Å². The van der Waals surface area contributed by atoms with Gasteiger partial charge in [-0.15, -0.1) is 0 Å². The van der Waals surface area contributed by atoms with Crippen LogP contribution in [0, 0.1) is 0 Å². The summed E-state index contributed by atoms with van der Waals surface area (Å²) < 4.78 is 83.0. The summed E-state index contributed by atoms with van der Waals surface area (Å²) in [4.78, 5) is 0. The maximum atomic E-state index is 10.8. The lowest BCUT2D eigenvalue weighted by Crippen LogP contribution is -2.13. The lowest BCUT2D eigenvalue weighted by atomic mass is 10.2. The third kappa shape index (κ3) is 13.5. The van der Waals surface area contributed by atoms with Crippen molar-refractivity contribution in [2.75, 3.05) is 51.1 Å². The zero-order valence-corrected chi connectivity index (χ0v) is 20.3. The van der Waals surface area contributed by atoms with Gasteiger partial charge in [-0.2, -0.15) is 16.8 Å². The van der Waals surface area contributed by atoms with Gasteiger partial charge in [-0.25, -0.2) is 0 Å². The summed E-state index contributed by atoms with van der Waals surface area (Å²) in [5.41, 5.74) is 1.49. The van der Waals surface area contributed by atoms with E-state index in [-0.39, 0.29) is 24.3 Å². The van der Waals surface area contributed by atoms with Crippen LogP contribution in [0.5, 0.6) is 11.5 Å². The number of benzene rings is 2. The van der Waals surface area contributed by atoms with E-state index in [1.54, 1.807) is 48.5 Å². The monoisotopic (exact) mass is 518 g/mol. The molecule has 0 fully saturated rings. The largest absolute Gasteiger partial charge is 0.491 e. The number of ether oxygens (including phenoxy) is 4. The van der Waals surface area contributed by atoms with Gasteiger partial charge < -0.3 is 18.9 Å². The zero-order chi connectivity index (χ0) is 24.9. The Morgan fingerprint density at radius 1 is 0.588 bits per heavy atom. The van der Waals surface area contributed by atoms with Crippen molar-refractivity contribution in [3.8, 4) is 11.5 Å². The van der Waals surface area contributed by atoms with Crippen LogP contribution in [-0.4, -0.2) is 77.1 Å². The van der Waals surface area contributed by atoms with Crippen LogP contribution in [0.2, 0.25) is 0 Å². The minimum atomic E-state index is -4.00. The van der Waals surface area contributed by atoms with E-state index in [4.69, 9.17) is 28.1 Å². The molecule has 0 aliphatic heterocycles. The molecule has 2 N–H and O–H groups in total. The third-order valence-corrected chi connectivity index (χ3v) is 5.90. The van der Waals surface area contributed by atoms with Crippen LogP contribution >= 0.6 is 0 Å². The topological polar surface area (TPSA) is 146 Å². The second kappa shape index (κ2) is 14.2. The van der Waals surface area contributed by atoms with E-state index in [2.05, 4.69) is 0 Å². The van der Waals surface area contributed by atoms with Crippen molar-refractivity contribution in [2.24, 2.45) is 0 Å². The Morgan fingerprint density at radius 3 is 1.35 bits per heavy atom. The minimum absolute atomic E-state index is 0.201. The Bertz CT molecular complexity index is 997. The number of hydrogen-bond donors (Lipinski definition) is 2. The van der Waals surface area contributed by atoms with Crippen LogP contribution in [-0.2, 0) is 42.6 Å². The predicted molar refractivity (Wildman–Crippen MR) is 126 cm³/mol. The van der Waals surface area contributed by atoms with Gasteiger partial charge in [0.25, 0.3) is 20.2 Å². The summed E-state index contributed by atoms with van der Waals surface area (Å²) in [6.07, 6.45) is 0.403. The van der Waals surface area contributed by atoms with Crippen LogP contribution in [0.25, 0.3) is 0 Å². The van der Waals surface area contributed by atoms with Crippen LogP contribution in [0.3, 0.4) is 0 Å². The molecule has 2 aromatic carbocycles. The van der Waals surface area contributed by atoms with E-state index < -0.39 is 20.2 Å². The summed E-state index contributed by atoms with van der Waals surface area (Å²) in [5, 5.41) is 0. The van der Waals surface area contributed by atoms with Crippen molar-refractivity contribution in [3.05, 3.63) is 59.7 Å². The lowest BCUT2D eigenvalue weighted by Gasteiger charge is -2.10. The number of rotatable bonds is 17. The fourth-order valence-corrected chi connectivity index (χ4v) is 3.82. The predicted octanol–water partition coefficient (Wildman–Crippen LogP) is 2.04. The SMILES string of the molecule is O=S(=O)(O)CCc1cccc(OCCOCCOCCOc2cccc(CCS(=O)(=O)O)c2)c1. The van der Waals surface area contributed by atoms with E-state index >= 15 is 0 Å². The Balaban J connectivity index is 1.51. The molecule has 2 rings (SSSR count). The quantitative estimate of drug-likeness (QED) is 0.236. The molecule has 0 aliphatic carbocycles. The average Bonchev–Trinajstić information content (AvgIpc) is 2.77. The van der Waals surface area contributed by atoms with Crippen LogP contribution in [0.15, 0.2) is 48.5 Å². The van der Waals surface area contributed by atoms with Gasteiger partial charge in [0.15, 0.2) is 0 Å². The van der Waals surface area contributed by atoms with Crippen LogP contribution in [0.1, 0.15) is 11.1 Å². The molecule has 0 heterocycles. The van der Waals surface area contributed by atoms with Crippen molar-refractivity contribution >= 4 is 20.2 Å². The van der Waals surface area contributed by atoms with Crippen LogP contribution in [0.4, 0.5) is 0 Å². The Morgan fingerprint density at radius 2 is 0.971 bits per heavy atom. The van der Waals surface area contributed by atoms with E-state index in [1.807, 2.05) is 0 Å². The van der Waals surface area contributed by atoms with E-state index in [0.717, 1.165) is 11.1 Å². The summed E-state index contributed by atoms with van der Waals surface area (Å²) >= 11 is 0. The summed E-state index contributed by atoms with van der Waals surface area (Å²) in [5.74, 6) is 0.501. The van der Waals surface area contributed by atoms with Gasteiger partial charge in [-0.05, 0) is 48.2 Å². The molecule has 0 unspecified atom stereocenters. The molecule has 0 atom stereocenters. The van der Waals surface area contributed by atoms with E-state index in [0.29, 0.717) is 51.1 Å². The molecule has 10 nitrogen and oxygen atoms in total. The number of hydrogen-bond acceptors (Lipinski definition) is 8. The van der Waals surface area contributed by atoms with Gasteiger partial charge in [-0.3, -0.25) is 9.11 Å². The van der Waals surface area contributed by atoms with Gasteiger partial charge in [0.2, 0.25) is 0 Å². The Kier molecular flexibility index (Phi) is 11.7. The summed E-state index contributed by atoms with van der Waals surface area (Å²) in [7, 11) is -8.00. The summed E-state index contributed by atoms with van der Waals surface area (Å²) in [6.45, 7) is 2.10. The van der Waals surface area contributed by atoms with Gasteiger partial charge in [-0.1, -0.05) is 24.3 Å². The molecule has 0 spiro atoms. The molecule has 0 saturated carbocycles. The second-order valence-electron chi connectivity index (χ2n) is 7.29. The molecule has 12 heteroatoms. The highest BCUT2D eigenvalue weighted by Crippen LogP contribution is 2.15. The molecule has 0 amide bonds. The maximum Gasteiger partial charge on any atom is 0.265 e. The minimum Gasteiger partial charge on any atom is -0.491 e. The average molecular weight is 519 g/mol. The fourth-order valence-electron chi connectivity index (χ4n) is 2.83. The molecule has 0 aliphatic rings. The molecule has 34 heavy (non-hydrogen) atoms. The normalized spacial score (nSPS) is 11.9. The van der Waals surface area contributed by atoms with Crippen molar-refractivity contribution in [3.63, 3.8) is 0 Å². The highest BCUT2D eigenvalue weighted by atomic mass is 32.2. The zero-order valence-electron chi connectivity index (χ0n) is 18.7. The standard InChI is InChI=1S/C22H30O10S2/c23-33(24,25)15-7-19-3-1-5-21(17-19)31-13-11-29-9-10-30-12-14-32-22-6-2-4-20(18-22)8-16-34(26,27)28/h1-6,17-18H,7-16H2,(H,23,24,25)(H,26,27,28). The van der Waals surface area contributed by atoms with Crippen molar-refractivity contribution in [2.45, 2.75) is 12.8 Å². The molecule has 0 saturated heterocycles. The first-order valence-corrected chi connectivity index (χ1v) is 13.8. The number of aryl methyl sites for hydroxylation is 2. The first kappa shape index (κ1) is 28.0. The third-order valence-electron chi connectivity index (χ3n) is 4.46. The smallest absolute Gasteiger partial charge is 0.265 e. The van der Waals surface area contributed by atoms with E-state index in [1.165, 1.54) is 0 Å². The lowest BCUT2D eigenvalue weighted by molar-refractivity contribution is 0.0273. The first-order valence-electron chi connectivity index (χ1n) is 10.6. The first-order chi connectivity index (χ1) is 16.1. The van der Waals surface area contributed by atoms with Crippen molar-refractivity contribution < 1.29 is 44.9 Å². The van der Waals surface area contributed by atoms with Crippen molar-refractivity contribution in [1.82, 2.24) is 0 Å². The molecule has 190 valence electrons. The van der Waals surface area contributed by atoms with Crippen molar-refractivity contribution in [1.29, 1.82) is 0 Å². The Hall–Kier alpha value is -2.22. The Labute approximate surface area is 200 Å². The van der Waals surface area contributed by atoms with Gasteiger partial charge >= 0.3 is 0 Å². The van der Waals surface area contributed by atoms with Gasteiger partial charge in [0.05, 0.1) is 37.9 Å². The molecule has 0 radical (unpaired) electrons. The van der Waals surface area contributed by atoms with Gasteiger partial charge in [0, 0.05) is 0 Å². The molecular weight excluding hydrogens is 488 g/mol. The van der Waals surface area contributed by atoms with Crippen LogP contribution < -0.4 is 9.47 Å². The fraction of sp³-hybridized carbons (Fsp3) is 0.455. The molecule has 2 aromatic rings. The molecule has 0 aromatic heterocycles. The van der Waals surface area contributed by atoms with Gasteiger partial charge in [0.1, 0.15) is 24.7 Å². The highest BCUT2D eigenvalue weighted by Gasteiger charge is 2.07. The molecular formula is C22H30O10S2. The second-order valence-corrected chi connectivity index (χ2v) is 10.4.